The van der Waals surface area contributed by atoms with Crippen LogP contribution in [0.2, 0.25) is 0 Å². The lowest BCUT2D eigenvalue weighted by molar-refractivity contribution is -0.149. The topological polar surface area (TPSA) is 55.4 Å². The molecule has 1 saturated carbocycles. The van der Waals surface area contributed by atoms with E-state index in [1.807, 2.05) is 18.2 Å². The Hall–Kier alpha value is -1.20. The average Bonchev–Trinajstić information content (AvgIpc) is 3.07. The standard InChI is InChI=1S/C18H20BrNO3/c1-18-8-13(20-15(18)9-18)17(22)23-14-4-2-3-10-7-11(19)5-6-12(10)16(14)21/h5-7,13-15,20H,2-4,8-9H2,1H3/t13-,14?,15+,18-/m0/s1. The van der Waals surface area contributed by atoms with Crippen LogP contribution in [-0.2, 0) is 16.0 Å². The number of hydrogen-bond donors (Lipinski definition) is 1. The smallest absolute Gasteiger partial charge is 0.323 e. The molecule has 122 valence electrons. The van der Waals surface area contributed by atoms with Crippen LogP contribution in [0.15, 0.2) is 22.7 Å². The lowest BCUT2D eigenvalue weighted by Gasteiger charge is -2.19. The second-order valence-electron chi connectivity index (χ2n) is 7.32. The molecule has 0 aromatic heterocycles. The Kier molecular flexibility index (Phi) is 3.61. The predicted molar refractivity (Wildman–Crippen MR) is 89.3 cm³/mol. The fourth-order valence-corrected chi connectivity index (χ4v) is 4.35. The normalized spacial score (nSPS) is 35.2. The van der Waals surface area contributed by atoms with Crippen molar-refractivity contribution in [3.63, 3.8) is 0 Å². The Bertz CT molecular complexity index is 689. The number of rotatable bonds is 2. The number of carbonyl (C=O) groups is 2. The van der Waals surface area contributed by atoms with Crippen LogP contribution in [0.4, 0.5) is 0 Å². The molecule has 4 atom stereocenters. The number of benzene rings is 1. The maximum Gasteiger partial charge on any atom is 0.323 e. The fraction of sp³-hybridized carbons (Fsp3) is 0.556. The van der Waals surface area contributed by atoms with Gasteiger partial charge < -0.3 is 10.1 Å². The lowest BCUT2D eigenvalue weighted by atomic mass is 10.0. The number of nitrogens with one attached hydrogen (secondary N) is 1. The molecular weight excluding hydrogens is 358 g/mol. The zero-order valence-electron chi connectivity index (χ0n) is 13.1. The van der Waals surface area contributed by atoms with Gasteiger partial charge >= 0.3 is 5.97 Å². The Morgan fingerprint density at radius 1 is 1.39 bits per heavy atom. The summed E-state index contributed by atoms with van der Waals surface area (Å²) in [4.78, 5) is 25.1. The van der Waals surface area contributed by atoms with Gasteiger partial charge in [-0.25, -0.2) is 0 Å². The Morgan fingerprint density at radius 3 is 2.96 bits per heavy atom. The Morgan fingerprint density at radius 2 is 2.22 bits per heavy atom. The first-order valence-corrected chi connectivity index (χ1v) is 9.05. The van der Waals surface area contributed by atoms with Gasteiger partial charge in [0.05, 0.1) is 0 Å². The number of aryl methyl sites for hydroxylation is 1. The second kappa shape index (κ2) is 5.42. The Balaban J connectivity index is 1.47. The van der Waals surface area contributed by atoms with E-state index in [9.17, 15) is 9.59 Å². The molecule has 1 aromatic carbocycles. The first kappa shape index (κ1) is 15.3. The molecule has 1 heterocycles. The molecule has 4 rings (SSSR count). The molecule has 23 heavy (non-hydrogen) atoms. The summed E-state index contributed by atoms with van der Waals surface area (Å²) in [5, 5.41) is 3.32. The molecule has 1 N–H and O–H groups in total. The summed E-state index contributed by atoms with van der Waals surface area (Å²) >= 11 is 3.45. The van der Waals surface area contributed by atoms with Crippen molar-refractivity contribution in [2.45, 2.75) is 57.2 Å². The summed E-state index contributed by atoms with van der Waals surface area (Å²) in [6.07, 6.45) is 3.62. The molecule has 0 spiro atoms. The van der Waals surface area contributed by atoms with Crippen LogP contribution in [0, 0.1) is 5.41 Å². The highest BCUT2D eigenvalue weighted by Gasteiger charge is 2.58. The fourth-order valence-electron chi connectivity index (χ4n) is 3.94. The van der Waals surface area contributed by atoms with E-state index in [2.05, 4.69) is 28.2 Å². The van der Waals surface area contributed by atoms with E-state index < -0.39 is 6.10 Å². The second-order valence-corrected chi connectivity index (χ2v) is 8.23. The van der Waals surface area contributed by atoms with Crippen LogP contribution >= 0.6 is 15.9 Å². The van der Waals surface area contributed by atoms with Gasteiger partial charge in [0.25, 0.3) is 0 Å². The third kappa shape index (κ3) is 2.74. The summed E-state index contributed by atoms with van der Waals surface area (Å²) in [6, 6.07) is 5.89. The number of ketones is 1. The van der Waals surface area contributed by atoms with Gasteiger partial charge in [0.2, 0.25) is 5.78 Å². The van der Waals surface area contributed by atoms with Crippen molar-refractivity contribution in [2.24, 2.45) is 5.41 Å². The number of ether oxygens (including phenoxy) is 1. The Labute approximate surface area is 144 Å². The number of halogens is 1. The minimum absolute atomic E-state index is 0.0623. The van der Waals surface area contributed by atoms with E-state index in [1.165, 1.54) is 0 Å². The number of Topliss-reactive ketones (excluding diaryl/α,β-unsaturated/α-hetero) is 1. The highest BCUT2D eigenvalue weighted by molar-refractivity contribution is 9.10. The minimum Gasteiger partial charge on any atom is -0.453 e. The summed E-state index contributed by atoms with van der Waals surface area (Å²) in [6.45, 7) is 2.20. The third-order valence-corrected chi connectivity index (χ3v) is 6.00. The number of carbonyl (C=O) groups excluding carboxylic acids is 2. The van der Waals surface area contributed by atoms with Crippen molar-refractivity contribution in [1.29, 1.82) is 0 Å². The minimum atomic E-state index is -0.642. The molecule has 4 nitrogen and oxygen atoms in total. The van der Waals surface area contributed by atoms with Crippen molar-refractivity contribution in [2.75, 3.05) is 0 Å². The molecule has 1 saturated heterocycles. The van der Waals surface area contributed by atoms with Crippen LogP contribution in [-0.4, -0.2) is 29.9 Å². The van der Waals surface area contributed by atoms with E-state index in [0.29, 0.717) is 18.0 Å². The molecule has 3 aliphatic rings. The average molecular weight is 378 g/mol. The number of hydrogen-bond acceptors (Lipinski definition) is 4. The van der Waals surface area contributed by atoms with E-state index in [1.54, 1.807) is 0 Å². The van der Waals surface area contributed by atoms with Gasteiger partial charge in [-0.2, -0.15) is 0 Å². The van der Waals surface area contributed by atoms with Crippen molar-refractivity contribution >= 4 is 27.7 Å². The molecule has 5 heteroatoms. The van der Waals surface area contributed by atoms with Gasteiger partial charge in [-0.05, 0) is 61.3 Å². The van der Waals surface area contributed by atoms with Crippen molar-refractivity contribution in [3.8, 4) is 0 Å². The van der Waals surface area contributed by atoms with Gasteiger partial charge in [0.1, 0.15) is 6.04 Å². The summed E-state index contributed by atoms with van der Waals surface area (Å²) in [5.41, 5.74) is 1.99. The molecule has 0 amide bonds. The monoisotopic (exact) mass is 377 g/mol. The van der Waals surface area contributed by atoms with Crippen molar-refractivity contribution < 1.29 is 14.3 Å². The molecule has 1 aliphatic heterocycles. The van der Waals surface area contributed by atoms with Crippen LogP contribution in [0.5, 0.6) is 0 Å². The SMILES string of the molecule is C[C@@]12C[C@@H](C(=O)OC3CCCc4cc(Br)ccc4C3=O)N[C@@H]1C2. The maximum absolute atomic E-state index is 12.7. The molecule has 1 aromatic rings. The highest BCUT2D eigenvalue weighted by Crippen LogP contribution is 2.54. The summed E-state index contributed by atoms with van der Waals surface area (Å²) < 4.78 is 6.58. The predicted octanol–water partition coefficient (Wildman–Crippen LogP) is 3.02. The van der Waals surface area contributed by atoms with Crippen molar-refractivity contribution in [1.82, 2.24) is 5.32 Å². The first-order chi connectivity index (χ1) is 11.0. The number of piperidine rings is 1. The highest BCUT2D eigenvalue weighted by atomic mass is 79.9. The van der Waals surface area contributed by atoms with Crippen LogP contribution < -0.4 is 5.32 Å². The maximum atomic E-state index is 12.7. The summed E-state index contributed by atoms with van der Waals surface area (Å²) in [7, 11) is 0. The van der Waals surface area contributed by atoms with E-state index in [-0.39, 0.29) is 23.2 Å². The van der Waals surface area contributed by atoms with Gasteiger partial charge in [0.15, 0.2) is 6.10 Å². The molecule has 0 bridgehead atoms. The van der Waals surface area contributed by atoms with Crippen LogP contribution in [0.3, 0.4) is 0 Å². The number of esters is 1. The zero-order valence-corrected chi connectivity index (χ0v) is 14.7. The van der Waals surface area contributed by atoms with Gasteiger partial charge in [0, 0.05) is 16.1 Å². The molecule has 2 fully saturated rings. The molecule has 0 radical (unpaired) electrons. The lowest BCUT2D eigenvalue weighted by Crippen LogP contribution is -2.39. The molecule has 1 unspecified atom stereocenters. The largest absolute Gasteiger partial charge is 0.453 e. The quantitative estimate of drug-likeness (QED) is 0.635. The van der Waals surface area contributed by atoms with Crippen LogP contribution in [0.1, 0.15) is 48.5 Å². The van der Waals surface area contributed by atoms with Crippen molar-refractivity contribution in [3.05, 3.63) is 33.8 Å². The first-order valence-electron chi connectivity index (χ1n) is 8.25. The van der Waals surface area contributed by atoms with E-state index >= 15 is 0 Å². The van der Waals surface area contributed by atoms with E-state index in [4.69, 9.17) is 4.74 Å². The molecule has 2 aliphatic carbocycles. The van der Waals surface area contributed by atoms with Gasteiger partial charge in [-0.3, -0.25) is 9.59 Å². The zero-order chi connectivity index (χ0) is 16.2. The van der Waals surface area contributed by atoms with Gasteiger partial charge in [-0.15, -0.1) is 0 Å². The summed E-state index contributed by atoms with van der Waals surface area (Å²) in [5.74, 6) is -0.329. The van der Waals surface area contributed by atoms with Crippen LogP contribution in [0.25, 0.3) is 0 Å². The molecular formula is C18H20BrNO3. The third-order valence-electron chi connectivity index (χ3n) is 5.50. The van der Waals surface area contributed by atoms with Gasteiger partial charge in [-0.1, -0.05) is 22.9 Å². The number of fused-ring (bicyclic) bond motifs is 2. The van der Waals surface area contributed by atoms with E-state index in [0.717, 1.165) is 35.7 Å².